The number of rotatable bonds is 6. The standard InChI is InChI=1S/C23H21F6N5O2.ClH/c1-36-19-10-31-3-2-14(19)21-18-11-33(4-5-34(18)22(32-21)23(27,28)29)20(35)8-13(30)6-12-7-16(25)17(26)9-15(12)24;/h2-3,7,9-10,13H,4-6,8,11,30H2,1H3;1H. The molecule has 1 unspecified atom stereocenters. The van der Waals surface area contributed by atoms with Crippen LogP contribution in [0.2, 0.25) is 0 Å². The Morgan fingerprint density at radius 1 is 1.16 bits per heavy atom. The second-order valence-electron chi connectivity index (χ2n) is 8.30. The fourth-order valence-corrected chi connectivity index (χ4v) is 4.18. The fraction of sp³-hybridized carbons (Fsp3) is 0.348. The molecule has 3 heterocycles. The number of ether oxygens (including phenoxy) is 1. The predicted octanol–water partition coefficient (Wildman–Crippen LogP) is 4.11. The number of halogens is 7. The van der Waals surface area contributed by atoms with Crippen molar-refractivity contribution in [2.45, 2.75) is 38.1 Å². The van der Waals surface area contributed by atoms with Crippen molar-refractivity contribution in [3.8, 4) is 17.0 Å². The van der Waals surface area contributed by atoms with Crippen molar-refractivity contribution in [1.29, 1.82) is 0 Å². The van der Waals surface area contributed by atoms with Gasteiger partial charge in [-0.05, 0) is 24.1 Å². The number of nitrogens with two attached hydrogens (primary N) is 1. The molecule has 2 N–H and O–H groups in total. The SMILES string of the molecule is COc1cnccc1-c1nc(C(F)(F)F)n2c1CN(C(=O)CC(N)Cc1cc(F)c(F)cc1F)CC2.Cl. The van der Waals surface area contributed by atoms with Crippen LogP contribution in [-0.4, -0.2) is 45.0 Å². The van der Waals surface area contributed by atoms with Crippen LogP contribution in [0.1, 0.15) is 23.5 Å². The molecule has 14 heteroatoms. The number of pyridine rings is 1. The summed E-state index contributed by atoms with van der Waals surface area (Å²) in [7, 11) is 1.35. The molecule has 0 spiro atoms. The van der Waals surface area contributed by atoms with Crippen LogP contribution in [0.5, 0.6) is 5.75 Å². The Hall–Kier alpha value is -3.32. The van der Waals surface area contributed by atoms with Crippen LogP contribution in [-0.2, 0) is 30.5 Å². The molecule has 1 atom stereocenters. The second kappa shape index (κ2) is 11.0. The molecule has 1 aliphatic heterocycles. The van der Waals surface area contributed by atoms with Crippen LogP contribution in [0.15, 0.2) is 30.6 Å². The number of imidazole rings is 1. The van der Waals surface area contributed by atoms with E-state index in [2.05, 4.69) is 9.97 Å². The average molecular weight is 550 g/mol. The molecular weight excluding hydrogens is 528 g/mol. The first-order valence-corrected chi connectivity index (χ1v) is 10.8. The normalized spacial score (nSPS) is 14.1. The highest BCUT2D eigenvalue weighted by Gasteiger charge is 2.41. The summed E-state index contributed by atoms with van der Waals surface area (Å²) >= 11 is 0. The smallest absolute Gasteiger partial charge is 0.449 e. The maximum absolute atomic E-state index is 13.9. The van der Waals surface area contributed by atoms with E-state index in [1.54, 1.807) is 0 Å². The van der Waals surface area contributed by atoms with Crippen molar-refractivity contribution in [1.82, 2.24) is 19.4 Å². The van der Waals surface area contributed by atoms with Gasteiger partial charge in [0, 0.05) is 43.4 Å². The molecule has 37 heavy (non-hydrogen) atoms. The van der Waals surface area contributed by atoms with E-state index in [0.717, 1.165) is 4.57 Å². The van der Waals surface area contributed by atoms with E-state index in [0.29, 0.717) is 12.1 Å². The Kier molecular flexibility index (Phi) is 8.38. The third-order valence-corrected chi connectivity index (χ3v) is 5.88. The summed E-state index contributed by atoms with van der Waals surface area (Å²) in [6, 6.07) is 1.61. The van der Waals surface area contributed by atoms with Crippen LogP contribution in [0.3, 0.4) is 0 Å². The van der Waals surface area contributed by atoms with Gasteiger partial charge in [0.1, 0.15) is 11.6 Å². The summed E-state index contributed by atoms with van der Waals surface area (Å²) in [5.74, 6) is -4.94. The molecule has 1 aliphatic rings. The Morgan fingerprint density at radius 3 is 2.54 bits per heavy atom. The first kappa shape index (κ1) is 28.3. The number of alkyl halides is 3. The van der Waals surface area contributed by atoms with Gasteiger partial charge in [-0.15, -0.1) is 12.4 Å². The zero-order valence-electron chi connectivity index (χ0n) is 19.4. The monoisotopic (exact) mass is 549 g/mol. The molecule has 0 saturated heterocycles. The van der Waals surface area contributed by atoms with Gasteiger partial charge in [-0.1, -0.05) is 0 Å². The molecule has 1 aromatic carbocycles. The van der Waals surface area contributed by atoms with E-state index >= 15 is 0 Å². The molecule has 7 nitrogen and oxygen atoms in total. The maximum atomic E-state index is 13.9. The van der Waals surface area contributed by atoms with E-state index in [1.165, 1.54) is 30.5 Å². The largest absolute Gasteiger partial charge is 0.494 e. The Labute approximate surface area is 213 Å². The fourth-order valence-electron chi connectivity index (χ4n) is 4.18. The molecule has 4 rings (SSSR count). The molecule has 0 radical (unpaired) electrons. The van der Waals surface area contributed by atoms with Gasteiger partial charge in [0.2, 0.25) is 11.7 Å². The van der Waals surface area contributed by atoms with E-state index < -0.39 is 41.4 Å². The van der Waals surface area contributed by atoms with Crippen LogP contribution >= 0.6 is 12.4 Å². The maximum Gasteiger partial charge on any atom is 0.449 e. The Morgan fingerprint density at radius 2 is 1.86 bits per heavy atom. The predicted molar refractivity (Wildman–Crippen MR) is 122 cm³/mol. The zero-order chi connectivity index (χ0) is 26.2. The minimum Gasteiger partial charge on any atom is -0.494 e. The van der Waals surface area contributed by atoms with Crippen molar-refractivity contribution in [2.75, 3.05) is 13.7 Å². The number of benzene rings is 1. The van der Waals surface area contributed by atoms with E-state index in [-0.39, 0.29) is 73.1 Å². The van der Waals surface area contributed by atoms with Gasteiger partial charge in [-0.3, -0.25) is 9.78 Å². The number of methoxy groups -OCH3 is 1. The van der Waals surface area contributed by atoms with Gasteiger partial charge >= 0.3 is 6.18 Å². The summed E-state index contributed by atoms with van der Waals surface area (Å²) in [5.41, 5.74) is 6.23. The number of carbonyl (C=O) groups is 1. The lowest BCUT2D eigenvalue weighted by Crippen LogP contribution is -2.42. The quantitative estimate of drug-likeness (QED) is 0.369. The van der Waals surface area contributed by atoms with Crippen molar-refractivity contribution in [3.05, 3.63) is 65.1 Å². The average Bonchev–Trinajstić information content (AvgIpc) is 3.21. The van der Waals surface area contributed by atoms with Crippen LogP contribution in [0, 0.1) is 17.5 Å². The lowest BCUT2D eigenvalue weighted by Gasteiger charge is -2.30. The lowest BCUT2D eigenvalue weighted by molar-refractivity contribution is -0.148. The number of hydrogen-bond donors (Lipinski definition) is 1. The highest BCUT2D eigenvalue weighted by molar-refractivity contribution is 5.85. The van der Waals surface area contributed by atoms with Crippen LogP contribution < -0.4 is 10.5 Å². The first-order chi connectivity index (χ1) is 17.0. The van der Waals surface area contributed by atoms with Crippen LogP contribution in [0.4, 0.5) is 26.3 Å². The third-order valence-electron chi connectivity index (χ3n) is 5.88. The van der Waals surface area contributed by atoms with E-state index in [9.17, 15) is 31.1 Å². The Bertz CT molecular complexity index is 1300. The molecule has 0 bridgehead atoms. The molecule has 0 aliphatic carbocycles. The zero-order valence-corrected chi connectivity index (χ0v) is 20.2. The molecule has 0 fully saturated rings. The number of nitrogens with zero attached hydrogens (tertiary/aromatic N) is 4. The topological polar surface area (TPSA) is 86.3 Å². The minimum absolute atomic E-state index is 0. The first-order valence-electron chi connectivity index (χ1n) is 10.8. The molecular formula is C23H22ClF6N5O2. The van der Waals surface area contributed by atoms with Crippen molar-refractivity contribution in [3.63, 3.8) is 0 Å². The number of amides is 1. The molecule has 3 aromatic rings. The van der Waals surface area contributed by atoms with Gasteiger partial charge in [0.25, 0.3) is 0 Å². The number of aromatic nitrogens is 3. The van der Waals surface area contributed by atoms with Gasteiger partial charge in [0.05, 0.1) is 31.2 Å². The second-order valence-corrected chi connectivity index (χ2v) is 8.30. The van der Waals surface area contributed by atoms with Crippen molar-refractivity contribution in [2.24, 2.45) is 5.73 Å². The number of fused-ring (bicyclic) bond motifs is 1. The summed E-state index contributed by atoms with van der Waals surface area (Å²) in [6.07, 6.45) is -2.52. The number of hydrogen-bond acceptors (Lipinski definition) is 5. The molecule has 200 valence electrons. The summed E-state index contributed by atoms with van der Waals surface area (Å²) in [6.45, 7) is -0.386. The molecule has 2 aromatic heterocycles. The molecule has 0 saturated carbocycles. The van der Waals surface area contributed by atoms with E-state index in [1.807, 2.05) is 0 Å². The minimum atomic E-state index is -4.73. The highest BCUT2D eigenvalue weighted by atomic mass is 35.5. The third kappa shape index (κ3) is 5.82. The van der Waals surface area contributed by atoms with Crippen LogP contribution in [0.25, 0.3) is 11.3 Å². The summed E-state index contributed by atoms with van der Waals surface area (Å²) in [5, 5.41) is 0. The van der Waals surface area contributed by atoms with Crippen molar-refractivity contribution >= 4 is 18.3 Å². The Balaban J connectivity index is 0.00000380. The number of carbonyl (C=O) groups excluding carboxylic acids is 1. The van der Waals surface area contributed by atoms with Crippen molar-refractivity contribution < 1.29 is 35.9 Å². The summed E-state index contributed by atoms with van der Waals surface area (Å²) in [4.78, 5) is 22.0. The molecule has 1 amide bonds. The van der Waals surface area contributed by atoms with E-state index in [4.69, 9.17) is 10.5 Å². The van der Waals surface area contributed by atoms with Gasteiger partial charge < -0.3 is 19.9 Å². The van der Waals surface area contributed by atoms with Gasteiger partial charge in [0.15, 0.2) is 11.6 Å². The van der Waals surface area contributed by atoms with Gasteiger partial charge in [-0.25, -0.2) is 18.2 Å². The summed E-state index contributed by atoms with van der Waals surface area (Å²) < 4.78 is 87.9. The highest BCUT2D eigenvalue weighted by Crippen LogP contribution is 2.38. The van der Waals surface area contributed by atoms with Gasteiger partial charge in [-0.2, -0.15) is 13.2 Å². The lowest BCUT2D eigenvalue weighted by atomic mass is 10.0.